The Morgan fingerprint density at radius 1 is 1.20 bits per heavy atom. The quantitative estimate of drug-likeness (QED) is 0.776. The van der Waals surface area contributed by atoms with Gasteiger partial charge < -0.3 is 5.11 Å². The van der Waals surface area contributed by atoms with E-state index in [-0.39, 0.29) is 0 Å². The molecule has 20 heavy (non-hydrogen) atoms. The van der Waals surface area contributed by atoms with Gasteiger partial charge in [0.25, 0.3) is 0 Å². The van der Waals surface area contributed by atoms with E-state index in [1.165, 1.54) is 10.5 Å². The van der Waals surface area contributed by atoms with Gasteiger partial charge in [-0.3, -0.25) is 4.79 Å². The summed E-state index contributed by atoms with van der Waals surface area (Å²) in [5, 5.41) is 8.98. The molecular formula is C16H15BrO2S. The number of halogens is 1. The second-order valence-electron chi connectivity index (χ2n) is 4.52. The predicted octanol–water partition coefficient (Wildman–Crippen LogP) is 4.93. The topological polar surface area (TPSA) is 37.3 Å². The van der Waals surface area contributed by atoms with Crippen molar-refractivity contribution >= 4 is 33.7 Å². The summed E-state index contributed by atoms with van der Waals surface area (Å²) in [6, 6.07) is 15.9. The second-order valence-corrected chi connectivity index (χ2v) is 6.39. The fraction of sp³-hybridized carbons (Fsp3) is 0.188. The van der Waals surface area contributed by atoms with E-state index in [2.05, 4.69) is 22.0 Å². The van der Waals surface area contributed by atoms with Crippen LogP contribution in [0.15, 0.2) is 57.9 Å². The molecule has 0 bridgehead atoms. The van der Waals surface area contributed by atoms with Crippen LogP contribution < -0.4 is 0 Å². The zero-order chi connectivity index (χ0) is 14.5. The molecule has 0 saturated heterocycles. The van der Waals surface area contributed by atoms with Crippen molar-refractivity contribution in [1.82, 2.24) is 0 Å². The highest BCUT2D eigenvalue weighted by atomic mass is 79.9. The molecule has 0 amide bonds. The average molecular weight is 351 g/mol. The van der Waals surface area contributed by atoms with E-state index in [1.807, 2.05) is 42.5 Å². The van der Waals surface area contributed by atoms with E-state index in [9.17, 15) is 4.79 Å². The molecule has 0 aliphatic heterocycles. The van der Waals surface area contributed by atoms with Crippen molar-refractivity contribution < 1.29 is 9.90 Å². The minimum Gasteiger partial charge on any atom is -0.481 e. The van der Waals surface area contributed by atoms with E-state index >= 15 is 0 Å². The number of hydrogen-bond donors (Lipinski definition) is 1. The lowest BCUT2D eigenvalue weighted by Gasteiger charge is -2.08. The van der Waals surface area contributed by atoms with Crippen molar-refractivity contribution in [2.24, 2.45) is 0 Å². The summed E-state index contributed by atoms with van der Waals surface area (Å²) in [4.78, 5) is 12.1. The van der Waals surface area contributed by atoms with Crippen LogP contribution in [0.25, 0.3) is 0 Å². The van der Waals surface area contributed by atoms with Crippen molar-refractivity contribution in [3.05, 3.63) is 64.1 Å². The standard InChI is InChI=1S/C16H15BrO2S/c1-11(16(18)19)13-8-6-12(7-9-13)10-20-15-5-3-2-4-14(15)17/h2-9,11H,10H2,1H3,(H,18,19). The Morgan fingerprint density at radius 2 is 1.85 bits per heavy atom. The van der Waals surface area contributed by atoms with Crippen molar-refractivity contribution in [3.8, 4) is 0 Å². The van der Waals surface area contributed by atoms with Gasteiger partial charge in [0.05, 0.1) is 5.92 Å². The first-order valence-corrected chi connectivity index (χ1v) is 8.05. The van der Waals surface area contributed by atoms with Gasteiger partial charge in [-0.2, -0.15) is 0 Å². The summed E-state index contributed by atoms with van der Waals surface area (Å²) >= 11 is 5.29. The van der Waals surface area contributed by atoms with Crippen LogP contribution in [0.2, 0.25) is 0 Å². The average Bonchev–Trinajstić information content (AvgIpc) is 2.46. The van der Waals surface area contributed by atoms with Crippen LogP contribution in [0, 0.1) is 0 Å². The first-order valence-electron chi connectivity index (χ1n) is 6.27. The molecule has 0 radical (unpaired) electrons. The lowest BCUT2D eigenvalue weighted by Crippen LogP contribution is -2.07. The highest BCUT2D eigenvalue weighted by Crippen LogP contribution is 2.30. The number of benzene rings is 2. The molecule has 1 atom stereocenters. The Hall–Kier alpha value is -1.26. The van der Waals surface area contributed by atoms with E-state index in [1.54, 1.807) is 18.7 Å². The number of hydrogen-bond acceptors (Lipinski definition) is 2. The molecule has 0 spiro atoms. The number of rotatable bonds is 5. The van der Waals surface area contributed by atoms with Gasteiger partial charge in [-0.1, -0.05) is 36.4 Å². The van der Waals surface area contributed by atoms with Gasteiger partial charge in [-0.15, -0.1) is 11.8 Å². The highest BCUT2D eigenvalue weighted by molar-refractivity contribution is 9.10. The number of aliphatic carboxylic acids is 1. The summed E-state index contributed by atoms with van der Waals surface area (Å²) in [6.07, 6.45) is 0. The number of thioether (sulfide) groups is 1. The first-order chi connectivity index (χ1) is 9.58. The Morgan fingerprint density at radius 3 is 2.45 bits per heavy atom. The molecule has 1 unspecified atom stereocenters. The van der Waals surface area contributed by atoms with Crippen molar-refractivity contribution in [3.63, 3.8) is 0 Å². The van der Waals surface area contributed by atoms with E-state index in [0.29, 0.717) is 0 Å². The summed E-state index contributed by atoms with van der Waals surface area (Å²) in [5.74, 6) is -0.384. The van der Waals surface area contributed by atoms with Gasteiger partial charge in [-0.05, 0) is 46.1 Å². The minimum absolute atomic E-state index is 0.458. The van der Waals surface area contributed by atoms with Crippen LogP contribution in [0.3, 0.4) is 0 Å². The van der Waals surface area contributed by atoms with Crippen molar-refractivity contribution in [2.75, 3.05) is 0 Å². The number of carbonyl (C=O) groups is 1. The van der Waals surface area contributed by atoms with Crippen LogP contribution >= 0.6 is 27.7 Å². The normalized spacial score (nSPS) is 12.1. The van der Waals surface area contributed by atoms with Crippen molar-refractivity contribution in [1.29, 1.82) is 0 Å². The van der Waals surface area contributed by atoms with Crippen LogP contribution in [0.4, 0.5) is 0 Å². The lowest BCUT2D eigenvalue weighted by molar-refractivity contribution is -0.138. The van der Waals surface area contributed by atoms with Gasteiger partial charge >= 0.3 is 5.97 Å². The third kappa shape index (κ3) is 3.87. The summed E-state index contributed by atoms with van der Waals surface area (Å²) < 4.78 is 1.10. The second kappa shape index (κ2) is 6.95. The molecular weight excluding hydrogens is 336 g/mol. The Kier molecular flexibility index (Phi) is 5.26. The molecule has 0 saturated carbocycles. The smallest absolute Gasteiger partial charge is 0.310 e. The van der Waals surface area contributed by atoms with Gasteiger partial charge in [-0.25, -0.2) is 0 Å². The predicted molar refractivity (Wildman–Crippen MR) is 86.2 cm³/mol. The Balaban J connectivity index is 2.01. The third-order valence-electron chi connectivity index (χ3n) is 3.08. The molecule has 1 N–H and O–H groups in total. The van der Waals surface area contributed by atoms with Gasteiger partial charge in [0.1, 0.15) is 0 Å². The zero-order valence-corrected chi connectivity index (χ0v) is 13.4. The van der Waals surface area contributed by atoms with Gasteiger partial charge in [0, 0.05) is 15.1 Å². The van der Waals surface area contributed by atoms with Crippen LogP contribution in [-0.4, -0.2) is 11.1 Å². The minimum atomic E-state index is -0.791. The largest absolute Gasteiger partial charge is 0.481 e. The van der Waals surface area contributed by atoms with E-state index in [0.717, 1.165) is 15.8 Å². The molecule has 2 nitrogen and oxygen atoms in total. The molecule has 0 heterocycles. The monoisotopic (exact) mass is 350 g/mol. The molecule has 2 rings (SSSR count). The molecule has 4 heteroatoms. The van der Waals surface area contributed by atoms with Crippen LogP contribution in [0.1, 0.15) is 24.0 Å². The van der Waals surface area contributed by atoms with Gasteiger partial charge in [0.2, 0.25) is 0 Å². The van der Waals surface area contributed by atoms with Crippen molar-refractivity contribution in [2.45, 2.75) is 23.5 Å². The maximum Gasteiger partial charge on any atom is 0.310 e. The summed E-state index contributed by atoms with van der Waals surface area (Å²) in [5.41, 5.74) is 2.03. The van der Waals surface area contributed by atoms with Crippen LogP contribution in [0.5, 0.6) is 0 Å². The number of carboxylic acids is 1. The molecule has 2 aromatic carbocycles. The lowest BCUT2D eigenvalue weighted by atomic mass is 10.0. The molecule has 0 aliphatic rings. The van der Waals surface area contributed by atoms with E-state index in [4.69, 9.17) is 5.11 Å². The fourth-order valence-corrected chi connectivity index (χ4v) is 3.29. The highest BCUT2D eigenvalue weighted by Gasteiger charge is 2.12. The Labute approximate surface area is 131 Å². The SMILES string of the molecule is CC(C(=O)O)c1ccc(CSc2ccccc2Br)cc1. The van der Waals surface area contributed by atoms with Crippen LogP contribution in [-0.2, 0) is 10.5 Å². The molecule has 0 aliphatic carbocycles. The maximum absolute atomic E-state index is 10.9. The molecule has 2 aromatic rings. The molecule has 0 aromatic heterocycles. The summed E-state index contributed by atoms with van der Waals surface area (Å²) in [6.45, 7) is 1.70. The van der Waals surface area contributed by atoms with E-state index < -0.39 is 11.9 Å². The molecule has 0 fully saturated rings. The summed E-state index contributed by atoms with van der Waals surface area (Å²) in [7, 11) is 0. The van der Waals surface area contributed by atoms with Gasteiger partial charge in [0.15, 0.2) is 0 Å². The third-order valence-corrected chi connectivity index (χ3v) is 5.18. The number of carboxylic acid groups (broad SMARTS) is 1. The fourth-order valence-electron chi connectivity index (χ4n) is 1.77. The molecule has 104 valence electrons. The maximum atomic E-state index is 10.9. The zero-order valence-electron chi connectivity index (χ0n) is 11.0. The Bertz CT molecular complexity index is 596. The first kappa shape index (κ1) is 15.1.